The van der Waals surface area contributed by atoms with E-state index in [1.807, 2.05) is 0 Å². The zero-order chi connectivity index (χ0) is 19.4. The summed E-state index contributed by atoms with van der Waals surface area (Å²) in [5.41, 5.74) is 1.20. The van der Waals surface area contributed by atoms with Crippen LogP contribution in [0.25, 0.3) is 0 Å². The zero-order valence-electron chi connectivity index (χ0n) is 16.9. The number of halogens is 2. The molecular formula is C24H30Cl2Ti. The Morgan fingerprint density at radius 1 is 0.741 bits per heavy atom. The summed E-state index contributed by atoms with van der Waals surface area (Å²) in [6, 6.07) is 0. The Hall–Kier alpha value is 1.29. The van der Waals surface area contributed by atoms with Crippen molar-refractivity contribution in [2.75, 3.05) is 0 Å². The molecule has 8 aliphatic carbocycles. The molecule has 8 fully saturated rings. The Morgan fingerprint density at radius 2 is 1.11 bits per heavy atom. The predicted octanol–water partition coefficient (Wildman–Crippen LogP) is 7.03. The summed E-state index contributed by atoms with van der Waals surface area (Å²) in [7, 11) is 9.78. The molecule has 0 aromatic carbocycles. The second-order valence-electron chi connectivity index (χ2n) is 10.1. The topological polar surface area (TPSA) is 0 Å². The average Bonchev–Trinajstić information content (AvgIpc) is 3.30. The number of hydrogen-bond acceptors (Lipinski definition) is 0. The van der Waals surface area contributed by atoms with E-state index in [-0.39, 0.29) is 0 Å². The molecule has 8 rings (SSSR count). The quantitative estimate of drug-likeness (QED) is 0.357. The SMILES string of the molecule is CC1(C)C2C[C]3[CH][CH][CH][C]3C1C2.CC1(C)C2C[C]3[CH][CH][CH][C]3C1C2.[Cl][Ti][Cl]. The zero-order valence-corrected chi connectivity index (χ0v) is 19.9. The van der Waals surface area contributed by atoms with E-state index in [4.69, 9.17) is 18.6 Å². The van der Waals surface area contributed by atoms with E-state index in [0.717, 1.165) is 23.7 Å². The first-order chi connectivity index (χ1) is 12.8. The van der Waals surface area contributed by atoms with E-state index in [1.165, 1.54) is 25.7 Å². The molecule has 4 atom stereocenters. The standard InChI is InChI=1S/2C12H15.2ClH.Ti/c2*1-12(2)9-6-8-4-3-5-10(8)11(12)7-9;;;/h2*3-5,9,11H,6-7H2,1-2H3;2*1H;/q;;;;+2/p-2. The number of hydrogen-bond donors (Lipinski definition) is 0. The molecule has 0 aromatic heterocycles. The van der Waals surface area contributed by atoms with Gasteiger partial charge in [0.15, 0.2) is 0 Å². The predicted molar refractivity (Wildman–Crippen MR) is 110 cm³/mol. The van der Waals surface area contributed by atoms with Crippen LogP contribution in [0.2, 0.25) is 0 Å². The molecule has 0 saturated heterocycles. The molecule has 0 heterocycles. The molecule has 27 heavy (non-hydrogen) atoms. The van der Waals surface area contributed by atoms with Crippen molar-refractivity contribution >= 4 is 18.6 Å². The summed E-state index contributed by atoms with van der Waals surface area (Å²) >= 11 is -0.556. The fraction of sp³-hybridized carbons (Fsp3) is 0.583. The molecule has 0 nitrogen and oxygen atoms in total. The molecule has 8 saturated carbocycles. The van der Waals surface area contributed by atoms with Gasteiger partial charge in [-0.1, -0.05) is 27.7 Å². The molecule has 3 heteroatoms. The van der Waals surface area contributed by atoms with Gasteiger partial charge >= 0.3 is 35.6 Å². The van der Waals surface area contributed by atoms with Gasteiger partial charge in [-0.25, -0.2) is 0 Å². The molecule has 10 radical (unpaired) electrons. The summed E-state index contributed by atoms with van der Waals surface area (Å²) in [5, 5.41) is 0. The average molecular weight is 437 g/mol. The summed E-state index contributed by atoms with van der Waals surface area (Å²) in [6.45, 7) is 9.73. The van der Waals surface area contributed by atoms with Crippen LogP contribution in [0.4, 0.5) is 0 Å². The Balaban J connectivity index is 0.000000117. The molecule has 8 aliphatic rings. The minimum absolute atomic E-state index is 0.556. The maximum atomic E-state index is 4.89. The van der Waals surface area contributed by atoms with E-state index >= 15 is 0 Å². The molecule has 0 aliphatic heterocycles. The third kappa shape index (κ3) is 3.64. The first-order valence-corrected chi connectivity index (χ1v) is 14.6. The van der Waals surface area contributed by atoms with Gasteiger partial charge in [0.05, 0.1) is 0 Å². The molecule has 144 valence electrons. The summed E-state index contributed by atoms with van der Waals surface area (Å²) in [5.74, 6) is 10.3. The molecular weight excluding hydrogens is 407 g/mol. The van der Waals surface area contributed by atoms with Gasteiger partial charge in [-0.3, -0.25) is 0 Å². The van der Waals surface area contributed by atoms with Crippen LogP contribution in [0.15, 0.2) is 0 Å². The van der Waals surface area contributed by atoms with E-state index in [0.29, 0.717) is 10.8 Å². The van der Waals surface area contributed by atoms with Gasteiger partial charge in [-0.05, 0) is 122 Å². The van der Waals surface area contributed by atoms with Crippen LogP contribution in [-0.2, 0) is 17.0 Å². The van der Waals surface area contributed by atoms with Gasteiger partial charge in [0.1, 0.15) is 0 Å². The van der Waals surface area contributed by atoms with E-state index in [1.54, 1.807) is 23.7 Å². The van der Waals surface area contributed by atoms with E-state index in [9.17, 15) is 0 Å². The minimum atomic E-state index is -0.556. The van der Waals surface area contributed by atoms with Crippen LogP contribution in [0.3, 0.4) is 0 Å². The normalized spacial score (nSPS) is 41.0. The van der Waals surface area contributed by atoms with Crippen molar-refractivity contribution in [2.45, 2.75) is 53.4 Å². The van der Waals surface area contributed by atoms with Gasteiger partial charge < -0.3 is 0 Å². The van der Waals surface area contributed by atoms with Crippen LogP contribution < -0.4 is 0 Å². The molecule has 0 aromatic rings. The molecule has 4 bridgehead atoms. The van der Waals surface area contributed by atoms with Crippen molar-refractivity contribution in [1.29, 1.82) is 0 Å². The molecule has 0 N–H and O–H groups in total. The van der Waals surface area contributed by atoms with Crippen molar-refractivity contribution in [3.63, 3.8) is 0 Å². The Morgan fingerprint density at radius 3 is 1.44 bits per heavy atom. The third-order valence-electron chi connectivity index (χ3n) is 8.51. The Kier molecular flexibility index (Phi) is 6.45. The summed E-state index contributed by atoms with van der Waals surface area (Å²) in [4.78, 5) is 0. The van der Waals surface area contributed by atoms with Crippen molar-refractivity contribution in [2.24, 2.45) is 34.5 Å². The van der Waals surface area contributed by atoms with Gasteiger partial charge in [0.2, 0.25) is 0 Å². The van der Waals surface area contributed by atoms with Gasteiger partial charge in [0, 0.05) is 0 Å². The van der Waals surface area contributed by atoms with Gasteiger partial charge in [-0.15, -0.1) is 0 Å². The van der Waals surface area contributed by atoms with Crippen LogP contribution in [-0.4, -0.2) is 0 Å². The second-order valence-corrected chi connectivity index (χ2v) is 12.7. The Labute approximate surface area is 185 Å². The summed E-state index contributed by atoms with van der Waals surface area (Å²) < 4.78 is 0. The van der Waals surface area contributed by atoms with Gasteiger partial charge in [0.25, 0.3) is 0 Å². The van der Waals surface area contributed by atoms with Gasteiger partial charge in [-0.2, -0.15) is 0 Å². The van der Waals surface area contributed by atoms with E-state index < -0.39 is 17.0 Å². The monoisotopic (exact) mass is 436 g/mol. The van der Waals surface area contributed by atoms with Crippen LogP contribution in [0, 0.1) is 96.7 Å². The van der Waals surface area contributed by atoms with Crippen molar-refractivity contribution in [3.8, 4) is 0 Å². The Bertz CT molecular complexity index is 484. The van der Waals surface area contributed by atoms with Crippen molar-refractivity contribution < 1.29 is 17.0 Å². The summed E-state index contributed by atoms with van der Waals surface area (Å²) in [6.07, 6.45) is 19.3. The molecule has 0 spiro atoms. The van der Waals surface area contributed by atoms with E-state index in [2.05, 4.69) is 66.2 Å². The number of rotatable bonds is 0. The van der Waals surface area contributed by atoms with Crippen LogP contribution >= 0.6 is 18.6 Å². The fourth-order valence-electron chi connectivity index (χ4n) is 6.31. The van der Waals surface area contributed by atoms with Crippen molar-refractivity contribution in [1.82, 2.24) is 0 Å². The maximum absolute atomic E-state index is 4.89. The second kappa shape index (κ2) is 8.09. The van der Waals surface area contributed by atoms with Crippen LogP contribution in [0.5, 0.6) is 0 Å². The molecule has 0 amide bonds. The molecule has 4 unspecified atom stereocenters. The van der Waals surface area contributed by atoms with Crippen LogP contribution in [0.1, 0.15) is 53.4 Å². The van der Waals surface area contributed by atoms with Crippen molar-refractivity contribution in [3.05, 3.63) is 62.2 Å². The first kappa shape index (κ1) is 21.5. The third-order valence-corrected chi connectivity index (χ3v) is 8.51. The first-order valence-electron chi connectivity index (χ1n) is 10.3. The fourth-order valence-corrected chi connectivity index (χ4v) is 6.31.